The lowest BCUT2D eigenvalue weighted by atomic mass is 10.4. The predicted molar refractivity (Wildman–Crippen MR) is 64.6 cm³/mol. The van der Waals surface area contributed by atoms with E-state index in [2.05, 4.69) is 14.7 Å². The van der Waals surface area contributed by atoms with Crippen molar-refractivity contribution in [3.8, 4) is 0 Å². The smallest absolute Gasteiger partial charge is 0.352 e. The number of primary amides is 1. The lowest BCUT2D eigenvalue weighted by molar-refractivity contribution is -0.118. The van der Waals surface area contributed by atoms with E-state index in [0.717, 1.165) is 16.2 Å². The molecule has 2 N–H and O–H groups in total. The van der Waals surface area contributed by atoms with E-state index in [-0.39, 0.29) is 22.5 Å². The average molecular weight is 283 g/mol. The number of fused-ring (bicyclic) bond motifs is 1. The Morgan fingerprint density at radius 1 is 1.42 bits per heavy atom. The molecule has 0 atom stereocenters. The van der Waals surface area contributed by atoms with E-state index in [1.54, 1.807) is 6.92 Å². The Morgan fingerprint density at radius 2 is 2.16 bits per heavy atom. The summed E-state index contributed by atoms with van der Waals surface area (Å²) in [5.41, 5.74) is 4.37. The molecule has 0 aliphatic heterocycles. The first-order valence-corrected chi connectivity index (χ1v) is 6.00. The lowest BCUT2D eigenvalue weighted by Gasteiger charge is -2.00. The van der Waals surface area contributed by atoms with Crippen molar-refractivity contribution in [1.82, 2.24) is 19.4 Å². The largest absolute Gasteiger partial charge is 0.462 e. The fourth-order valence-corrected chi connectivity index (χ4v) is 2.07. The zero-order valence-corrected chi connectivity index (χ0v) is 10.6. The molecule has 19 heavy (non-hydrogen) atoms. The summed E-state index contributed by atoms with van der Waals surface area (Å²) >= 11 is 0.796. The first kappa shape index (κ1) is 13.1. The van der Waals surface area contributed by atoms with Crippen molar-refractivity contribution in [3.05, 3.63) is 15.2 Å². The maximum atomic E-state index is 11.9. The van der Waals surface area contributed by atoms with Gasteiger partial charge in [-0.1, -0.05) is 5.21 Å². The number of aromatic nitrogens is 4. The van der Waals surface area contributed by atoms with Crippen LogP contribution >= 0.6 is 11.5 Å². The third-order valence-corrected chi connectivity index (χ3v) is 2.94. The van der Waals surface area contributed by atoms with Crippen molar-refractivity contribution in [2.75, 3.05) is 6.61 Å². The van der Waals surface area contributed by atoms with Crippen LogP contribution in [0.15, 0.2) is 4.79 Å². The number of esters is 1. The summed E-state index contributed by atoms with van der Waals surface area (Å²) in [4.78, 5) is 34.4. The molecule has 2 rings (SSSR count). The molecule has 0 aliphatic carbocycles. The Hall–Kier alpha value is -2.36. The van der Waals surface area contributed by atoms with Crippen LogP contribution in [0.25, 0.3) is 11.0 Å². The number of rotatable bonds is 4. The highest BCUT2D eigenvalue weighted by Gasteiger charge is 2.20. The molecule has 0 unspecified atom stereocenters. The summed E-state index contributed by atoms with van der Waals surface area (Å²) in [6.07, 6.45) is 0. The summed E-state index contributed by atoms with van der Waals surface area (Å²) in [5, 5.41) is 7.24. The van der Waals surface area contributed by atoms with Gasteiger partial charge in [0.1, 0.15) is 12.1 Å². The molecule has 0 spiro atoms. The van der Waals surface area contributed by atoms with Gasteiger partial charge in [0, 0.05) is 0 Å². The summed E-state index contributed by atoms with van der Waals surface area (Å²) in [7, 11) is 0. The van der Waals surface area contributed by atoms with E-state index in [9.17, 15) is 14.4 Å². The van der Waals surface area contributed by atoms with Crippen LogP contribution in [0.4, 0.5) is 0 Å². The Bertz CT molecular complexity index is 706. The number of hydrogen-bond acceptors (Lipinski definition) is 8. The number of nitrogens with zero attached hydrogens (tertiary/aromatic N) is 4. The van der Waals surface area contributed by atoms with Crippen molar-refractivity contribution in [2.24, 2.45) is 5.73 Å². The Morgan fingerprint density at radius 3 is 2.79 bits per heavy atom. The van der Waals surface area contributed by atoms with Crippen LogP contribution in [0.3, 0.4) is 0 Å². The standard InChI is InChI=1S/C9H9N5O4S/c1-2-18-9(17)7-5-6(12-19-7)8(16)14(13-11-5)3-4(10)15/h2-3H2,1H3,(H2,10,15). The van der Waals surface area contributed by atoms with Gasteiger partial charge in [0.2, 0.25) is 5.91 Å². The van der Waals surface area contributed by atoms with Crippen LogP contribution in [0.2, 0.25) is 0 Å². The Labute approximate surface area is 110 Å². The summed E-state index contributed by atoms with van der Waals surface area (Å²) < 4.78 is 9.44. The topological polar surface area (TPSA) is 130 Å². The highest BCUT2D eigenvalue weighted by Crippen LogP contribution is 2.17. The molecule has 10 heteroatoms. The maximum Gasteiger partial charge on any atom is 0.352 e. The van der Waals surface area contributed by atoms with Crippen LogP contribution in [0, 0.1) is 0 Å². The number of hydrogen-bond donors (Lipinski definition) is 1. The van der Waals surface area contributed by atoms with Gasteiger partial charge in [0.25, 0.3) is 5.56 Å². The molecule has 100 valence electrons. The predicted octanol–water partition coefficient (Wildman–Crippen LogP) is -1.09. The van der Waals surface area contributed by atoms with Crippen molar-refractivity contribution in [1.29, 1.82) is 0 Å². The minimum Gasteiger partial charge on any atom is -0.462 e. The Balaban J connectivity index is 2.52. The third kappa shape index (κ3) is 2.42. The fourth-order valence-electron chi connectivity index (χ4n) is 1.36. The van der Waals surface area contributed by atoms with Crippen LogP contribution in [0.5, 0.6) is 0 Å². The number of ether oxygens (including phenoxy) is 1. The van der Waals surface area contributed by atoms with E-state index >= 15 is 0 Å². The number of carbonyl (C=O) groups excluding carboxylic acids is 2. The second-order valence-corrected chi connectivity index (χ2v) is 4.22. The third-order valence-electron chi connectivity index (χ3n) is 2.12. The number of nitrogens with two attached hydrogens (primary N) is 1. The molecule has 2 aromatic rings. The van der Waals surface area contributed by atoms with Crippen LogP contribution in [0.1, 0.15) is 16.6 Å². The molecule has 0 saturated heterocycles. The molecule has 0 aliphatic rings. The quantitative estimate of drug-likeness (QED) is 0.705. The molecule has 0 bridgehead atoms. The zero-order chi connectivity index (χ0) is 14.0. The molecule has 0 fully saturated rings. The van der Waals surface area contributed by atoms with Crippen LogP contribution in [-0.2, 0) is 16.1 Å². The van der Waals surface area contributed by atoms with E-state index in [1.807, 2.05) is 0 Å². The second kappa shape index (κ2) is 5.10. The maximum absolute atomic E-state index is 11.9. The summed E-state index contributed by atoms with van der Waals surface area (Å²) in [5.74, 6) is -1.34. The minimum absolute atomic E-state index is 0.0377. The SMILES string of the molecule is CCOC(=O)c1snc2c(=O)n(CC(N)=O)nnc12. The monoisotopic (exact) mass is 283 g/mol. The van der Waals surface area contributed by atoms with Gasteiger partial charge in [-0.05, 0) is 18.5 Å². The Kier molecular flexibility index (Phi) is 3.51. The van der Waals surface area contributed by atoms with Gasteiger partial charge in [-0.2, -0.15) is 9.06 Å². The molecule has 0 aromatic carbocycles. The molecular formula is C9H9N5O4S. The molecule has 9 nitrogen and oxygen atoms in total. The number of amides is 1. The van der Waals surface area contributed by atoms with E-state index in [1.165, 1.54) is 0 Å². The van der Waals surface area contributed by atoms with E-state index in [0.29, 0.717) is 0 Å². The fraction of sp³-hybridized carbons (Fsp3) is 0.333. The zero-order valence-electron chi connectivity index (χ0n) is 9.82. The van der Waals surface area contributed by atoms with Gasteiger partial charge in [-0.25, -0.2) is 4.79 Å². The first-order valence-electron chi connectivity index (χ1n) is 5.23. The van der Waals surface area contributed by atoms with Crippen LogP contribution in [-0.4, -0.2) is 37.9 Å². The second-order valence-electron chi connectivity index (χ2n) is 3.45. The molecule has 0 radical (unpaired) electrons. The van der Waals surface area contributed by atoms with Gasteiger partial charge in [-0.15, -0.1) is 5.10 Å². The van der Waals surface area contributed by atoms with Gasteiger partial charge in [-0.3, -0.25) is 9.59 Å². The average Bonchev–Trinajstić information content (AvgIpc) is 2.77. The number of carbonyl (C=O) groups is 2. The summed E-state index contributed by atoms with van der Waals surface area (Å²) in [6.45, 7) is 1.46. The molecular weight excluding hydrogens is 274 g/mol. The van der Waals surface area contributed by atoms with Crippen LogP contribution < -0.4 is 11.3 Å². The normalized spacial score (nSPS) is 10.6. The van der Waals surface area contributed by atoms with Crippen molar-refractivity contribution in [3.63, 3.8) is 0 Å². The highest BCUT2D eigenvalue weighted by molar-refractivity contribution is 7.09. The van der Waals surface area contributed by atoms with Crippen molar-refractivity contribution < 1.29 is 14.3 Å². The van der Waals surface area contributed by atoms with Gasteiger partial charge < -0.3 is 10.5 Å². The van der Waals surface area contributed by atoms with Gasteiger partial charge in [0.05, 0.1) is 6.61 Å². The highest BCUT2D eigenvalue weighted by atomic mass is 32.1. The van der Waals surface area contributed by atoms with E-state index in [4.69, 9.17) is 10.5 Å². The first-order chi connectivity index (χ1) is 9.04. The van der Waals surface area contributed by atoms with Crippen molar-refractivity contribution in [2.45, 2.75) is 13.5 Å². The minimum atomic E-state index is -0.725. The molecule has 1 amide bonds. The van der Waals surface area contributed by atoms with Crippen molar-refractivity contribution >= 4 is 34.4 Å². The molecule has 0 saturated carbocycles. The lowest BCUT2D eigenvalue weighted by Crippen LogP contribution is -2.30. The summed E-state index contributed by atoms with van der Waals surface area (Å²) in [6, 6.07) is 0. The van der Waals surface area contributed by atoms with Gasteiger partial charge in [0.15, 0.2) is 10.4 Å². The molecule has 2 heterocycles. The van der Waals surface area contributed by atoms with Gasteiger partial charge >= 0.3 is 5.97 Å². The molecule has 2 aromatic heterocycles. The van der Waals surface area contributed by atoms with E-state index < -0.39 is 24.0 Å².